The molecular formula is C15H20. The number of allylic oxidation sites excluding steroid dienone is 1. The highest BCUT2D eigenvalue weighted by Gasteiger charge is 2.26. The number of hydrogen-bond donors (Lipinski definition) is 0. The third-order valence-corrected chi connectivity index (χ3v) is 3.94. The van der Waals surface area contributed by atoms with Crippen molar-refractivity contribution in [2.45, 2.75) is 41.0 Å². The van der Waals surface area contributed by atoms with Crippen LogP contribution < -0.4 is 0 Å². The fourth-order valence-corrected chi connectivity index (χ4v) is 2.28. The van der Waals surface area contributed by atoms with Gasteiger partial charge in [-0.15, -0.1) is 0 Å². The first-order valence-corrected chi connectivity index (χ1v) is 5.70. The summed E-state index contributed by atoms with van der Waals surface area (Å²) >= 11 is 0. The van der Waals surface area contributed by atoms with Gasteiger partial charge in [-0.05, 0) is 54.9 Å². The zero-order valence-corrected chi connectivity index (χ0v) is 10.4. The van der Waals surface area contributed by atoms with Crippen molar-refractivity contribution in [3.63, 3.8) is 0 Å². The van der Waals surface area contributed by atoms with Gasteiger partial charge in [0.1, 0.15) is 0 Å². The number of benzene rings is 1. The van der Waals surface area contributed by atoms with Crippen LogP contribution in [0.4, 0.5) is 0 Å². The van der Waals surface area contributed by atoms with E-state index in [0.29, 0.717) is 5.41 Å². The molecule has 80 valence electrons. The first kappa shape index (κ1) is 10.5. The molecule has 1 aliphatic rings. The van der Waals surface area contributed by atoms with Crippen LogP contribution in [0.5, 0.6) is 0 Å². The van der Waals surface area contributed by atoms with Crippen molar-refractivity contribution in [2.24, 2.45) is 5.41 Å². The molecule has 15 heavy (non-hydrogen) atoms. The van der Waals surface area contributed by atoms with Gasteiger partial charge in [-0.1, -0.05) is 37.6 Å². The Morgan fingerprint density at radius 3 is 2.40 bits per heavy atom. The molecule has 1 aromatic carbocycles. The molecule has 0 radical (unpaired) electrons. The van der Waals surface area contributed by atoms with Crippen LogP contribution in [0.2, 0.25) is 0 Å². The normalized spacial score (nSPS) is 18.3. The third kappa shape index (κ3) is 1.62. The van der Waals surface area contributed by atoms with Crippen LogP contribution in [0, 0.1) is 19.3 Å². The lowest BCUT2D eigenvalue weighted by Gasteiger charge is -2.32. The van der Waals surface area contributed by atoms with Gasteiger partial charge in [-0.2, -0.15) is 0 Å². The minimum atomic E-state index is 0.328. The van der Waals surface area contributed by atoms with E-state index in [0.717, 1.165) is 0 Å². The highest BCUT2D eigenvalue weighted by molar-refractivity contribution is 5.65. The summed E-state index contributed by atoms with van der Waals surface area (Å²) in [5.74, 6) is 0. The van der Waals surface area contributed by atoms with Crippen LogP contribution in [0.15, 0.2) is 17.7 Å². The third-order valence-electron chi connectivity index (χ3n) is 3.94. The van der Waals surface area contributed by atoms with E-state index in [2.05, 4.69) is 52.8 Å². The van der Waals surface area contributed by atoms with Gasteiger partial charge in [0.05, 0.1) is 0 Å². The van der Waals surface area contributed by atoms with Gasteiger partial charge in [0.2, 0.25) is 0 Å². The highest BCUT2D eigenvalue weighted by atomic mass is 14.3. The largest absolute Gasteiger partial charge is 0.0667 e. The van der Waals surface area contributed by atoms with Gasteiger partial charge < -0.3 is 0 Å². The van der Waals surface area contributed by atoms with Crippen LogP contribution in [-0.2, 0) is 6.42 Å². The van der Waals surface area contributed by atoms with Gasteiger partial charge in [-0.3, -0.25) is 0 Å². The van der Waals surface area contributed by atoms with Gasteiger partial charge >= 0.3 is 0 Å². The van der Waals surface area contributed by atoms with Crippen LogP contribution >= 0.6 is 0 Å². The monoisotopic (exact) mass is 200 g/mol. The van der Waals surface area contributed by atoms with Crippen molar-refractivity contribution >= 4 is 6.08 Å². The van der Waals surface area contributed by atoms with Crippen LogP contribution in [0.1, 0.15) is 43.0 Å². The van der Waals surface area contributed by atoms with Gasteiger partial charge in [-0.25, -0.2) is 0 Å². The SMILES string of the molecule is CC1=Cc2c(ccc(C)c2C)CC1(C)C. The van der Waals surface area contributed by atoms with E-state index >= 15 is 0 Å². The summed E-state index contributed by atoms with van der Waals surface area (Å²) in [6, 6.07) is 4.54. The molecule has 0 unspecified atom stereocenters. The summed E-state index contributed by atoms with van der Waals surface area (Å²) in [6.45, 7) is 11.3. The Hall–Kier alpha value is -1.04. The van der Waals surface area contributed by atoms with Crippen LogP contribution in [0.3, 0.4) is 0 Å². The lowest BCUT2D eigenvalue weighted by atomic mass is 9.73. The van der Waals surface area contributed by atoms with E-state index in [1.165, 1.54) is 34.2 Å². The number of hydrogen-bond acceptors (Lipinski definition) is 0. The molecule has 0 amide bonds. The standard InChI is InChI=1S/C15H20/c1-10-6-7-13-9-15(4,5)11(2)8-14(13)12(10)3/h6-8H,9H2,1-5H3. The Balaban J connectivity index is 2.63. The van der Waals surface area contributed by atoms with E-state index in [4.69, 9.17) is 0 Å². The smallest absolute Gasteiger partial charge is 0.0104 e. The van der Waals surface area contributed by atoms with Crippen molar-refractivity contribution in [1.29, 1.82) is 0 Å². The second-order valence-electron chi connectivity index (χ2n) is 5.47. The Bertz CT molecular complexity index is 434. The Morgan fingerprint density at radius 2 is 1.73 bits per heavy atom. The van der Waals surface area contributed by atoms with Crippen molar-refractivity contribution in [3.8, 4) is 0 Å². The van der Waals surface area contributed by atoms with E-state index in [1.54, 1.807) is 0 Å². The van der Waals surface area contributed by atoms with Gasteiger partial charge in [0.25, 0.3) is 0 Å². The first-order valence-electron chi connectivity index (χ1n) is 5.70. The summed E-state index contributed by atoms with van der Waals surface area (Å²) in [7, 11) is 0. The molecule has 0 aromatic heterocycles. The molecule has 0 N–H and O–H groups in total. The maximum atomic E-state index is 2.38. The average Bonchev–Trinajstić information content (AvgIpc) is 2.15. The van der Waals surface area contributed by atoms with Crippen molar-refractivity contribution in [1.82, 2.24) is 0 Å². The first-order chi connectivity index (χ1) is 6.92. The minimum absolute atomic E-state index is 0.328. The molecule has 2 rings (SSSR count). The van der Waals surface area contributed by atoms with E-state index < -0.39 is 0 Å². The molecule has 0 aliphatic heterocycles. The molecule has 1 aliphatic carbocycles. The van der Waals surface area contributed by atoms with Crippen molar-refractivity contribution in [3.05, 3.63) is 40.0 Å². The molecule has 0 atom stereocenters. The maximum Gasteiger partial charge on any atom is -0.0104 e. The lowest BCUT2D eigenvalue weighted by Crippen LogP contribution is -2.21. The van der Waals surface area contributed by atoms with E-state index in [1.807, 2.05) is 0 Å². The number of aryl methyl sites for hydroxylation is 1. The molecule has 0 spiro atoms. The quantitative estimate of drug-likeness (QED) is 0.586. The summed E-state index contributed by atoms with van der Waals surface area (Å²) in [5.41, 5.74) is 7.65. The fraction of sp³-hybridized carbons (Fsp3) is 0.467. The van der Waals surface area contributed by atoms with Crippen molar-refractivity contribution in [2.75, 3.05) is 0 Å². The topological polar surface area (TPSA) is 0 Å². The lowest BCUT2D eigenvalue weighted by molar-refractivity contribution is 0.441. The molecular weight excluding hydrogens is 180 g/mol. The Kier molecular flexibility index (Phi) is 2.26. The average molecular weight is 200 g/mol. The minimum Gasteiger partial charge on any atom is -0.0667 e. The fourth-order valence-electron chi connectivity index (χ4n) is 2.28. The molecule has 0 fully saturated rings. The predicted molar refractivity (Wildman–Crippen MR) is 67.1 cm³/mol. The molecule has 1 aromatic rings. The zero-order chi connectivity index (χ0) is 11.2. The van der Waals surface area contributed by atoms with Gasteiger partial charge in [0, 0.05) is 0 Å². The summed E-state index contributed by atoms with van der Waals surface area (Å²) in [4.78, 5) is 0. The highest BCUT2D eigenvalue weighted by Crippen LogP contribution is 2.39. The van der Waals surface area contributed by atoms with E-state index in [-0.39, 0.29) is 0 Å². The molecule has 0 bridgehead atoms. The van der Waals surface area contributed by atoms with Crippen molar-refractivity contribution < 1.29 is 0 Å². The van der Waals surface area contributed by atoms with Crippen LogP contribution in [0.25, 0.3) is 6.08 Å². The molecule has 0 nitrogen and oxygen atoms in total. The summed E-state index contributed by atoms with van der Waals surface area (Å²) < 4.78 is 0. The molecule has 0 saturated carbocycles. The Labute approximate surface area is 93.0 Å². The molecule has 0 heteroatoms. The second-order valence-corrected chi connectivity index (χ2v) is 5.47. The van der Waals surface area contributed by atoms with E-state index in [9.17, 15) is 0 Å². The van der Waals surface area contributed by atoms with Crippen LogP contribution in [-0.4, -0.2) is 0 Å². The summed E-state index contributed by atoms with van der Waals surface area (Å²) in [5, 5.41) is 0. The predicted octanol–water partition coefficient (Wildman–Crippen LogP) is 4.29. The van der Waals surface area contributed by atoms with Gasteiger partial charge in [0.15, 0.2) is 0 Å². The maximum absolute atomic E-state index is 2.38. The Morgan fingerprint density at radius 1 is 1.07 bits per heavy atom. The number of rotatable bonds is 0. The second kappa shape index (κ2) is 3.23. The summed E-state index contributed by atoms with van der Waals surface area (Å²) in [6.07, 6.45) is 3.55. The molecule has 0 saturated heterocycles. The zero-order valence-electron chi connectivity index (χ0n) is 10.4. The molecule has 0 heterocycles. The number of fused-ring (bicyclic) bond motifs is 1.